The standard InChI is InChI=1S/C23H30F3N5O2.ClH/c1-29(2)15-20-12-21(28-27-20)18-11-17(16-3-5-19(6-4-16)23(24,25)26)13-31(14-18)22(32)30-7-9-33-10-8-30;/h3-6,12,17-18H,7-11,13-15H2,1-2H3,(H,27,28);1H. The van der Waals surface area contributed by atoms with Gasteiger partial charge in [0.15, 0.2) is 0 Å². The van der Waals surface area contributed by atoms with Crippen LogP contribution in [0.4, 0.5) is 18.0 Å². The number of rotatable bonds is 4. The van der Waals surface area contributed by atoms with Crippen LogP contribution in [0.2, 0.25) is 0 Å². The molecule has 2 fully saturated rings. The minimum atomic E-state index is -4.37. The van der Waals surface area contributed by atoms with Gasteiger partial charge in [0.2, 0.25) is 0 Å². The monoisotopic (exact) mass is 501 g/mol. The third-order valence-electron chi connectivity index (χ3n) is 6.27. The molecule has 0 radical (unpaired) electrons. The van der Waals surface area contributed by atoms with Crippen LogP contribution in [0.5, 0.6) is 0 Å². The molecule has 1 aromatic heterocycles. The maximum absolute atomic E-state index is 13.3. The molecule has 2 saturated heterocycles. The molecule has 2 amide bonds. The Morgan fingerprint density at radius 2 is 1.76 bits per heavy atom. The van der Waals surface area contributed by atoms with Crippen LogP contribution in [0.25, 0.3) is 0 Å². The first-order chi connectivity index (χ1) is 15.7. The van der Waals surface area contributed by atoms with E-state index in [0.29, 0.717) is 45.8 Å². The van der Waals surface area contributed by atoms with E-state index in [0.717, 1.165) is 35.6 Å². The van der Waals surface area contributed by atoms with Crippen LogP contribution in [-0.4, -0.2) is 84.4 Å². The van der Waals surface area contributed by atoms with Crippen molar-refractivity contribution in [1.29, 1.82) is 0 Å². The molecule has 7 nitrogen and oxygen atoms in total. The van der Waals surface area contributed by atoms with Crippen molar-refractivity contribution in [1.82, 2.24) is 24.9 Å². The van der Waals surface area contributed by atoms with E-state index in [1.807, 2.05) is 30.0 Å². The number of piperidine rings is 1. The first kappa shape index (κ1) is 26.3. The van der Waals surface area contributed by atoms with Crippen LogP contribution >= 0.6 is 12.4 Å². The lowest BCUT2D eigenvalue weighted by Gasteiger charge is -2.40. The number of H-pyrrole nitrogens is 1. The molecular formula is C23H31ClF3N5O2. The highest BCUT2D eigenvalue weighted by molar-refractivity contribution is 5.85. The Bertz CT molecular complexity index is 945. The lowest BCUT2D eigenvalue weighted by atomic mass is 9.83. The number of likely N-dealkylation sites (tertiary alicyclic amines) is 1. The van der Waals surface area contributed by atoms with Gasteiger partial charge in [-0.15, -0.1) is 12.4 Å². The number of aromatic nitrogens is 2. The Morgan fingerprint density at radius 3 is 2.38 bits per heavy atom. The van der Waals surface area contributed by atoms with E-state index < -0.39 is 11.7 Å². The fraction of sp³-hybridized carbons (Fsp3) is 0.565. The van der Waals surface area contributed by atoms with Gasteiger partial charge in [-0.3, -0.25) is 5.10 Å². The third-order valence-corrected chi connectivity index (χ3v) is 6.27. The summed E-state index contributed by atoms with van der Waals surface area (Å²) >= 11 is 0. The van der Waals surface area contributed by atoms with Gasteiger partial charge in [-0.2, -0.15) is 18.3 Å². The van der Waals surface area contributed by atoms with E-state index in [1.54, 1.807) is 4.90 Å². The SMILES string of the molecule is CN(C)Cc1cc(C2CC(c3ccc(C(F)(F)F)cc3)CN(C(=O)N3CCOCC3)C2)n[nH]1.Cl. The number of nitrogens with zero attached hydrogens (tertiary/aromatic N) is 4. The third kappa shape index (κ3) is 6.22. The first-order valence-electron chi connectivity index (χ1n) is 11.2. The molecular weight excluding hydrogens is 471 g/mol. The molecule has 34 heavy (non-hydrogen) atoms. The number of ether oxygens (including phenoxy) is 1. The van der Waals surface area contributed by atoms with Crippen LogP contribution in [-0.2, 0) is 17.5 Å². The number of carbonyl (C=O) groups is 1. The number of hydrogen-bond donors (Lipinski definition) is 1. The molecule has 2 atom stereocenters. The van der Waals surface area contributed by atoms with Crippen molar-refractivity contribution in [3.63, 3.8) is 0 Å². The van der Waals surface area contributed by atoms with Crippen LogP contribution in [0.15, 0.2) is 30.3 Å². The van der Waals surface area contributed by atoms with Gasteiger partial charge < -0.3 is 19.4 Å². The summed E-state index contributed by atoms with van der Waals surface area (Å²) < 4.78 is 44.5. The molecule has 188 valence electrons. The molecule has 2 aliphatic rings. The molecule has 0 spiro atoms. The van der Waals surface area contributed by atoms with Gasteiger partial charge in [-0.25, -0.2) is 4.79 Å². The number of alkyl halides is 3. The summed E-state index contributed by atoms with van der Waals surface area (Å²) in [4.78, 5) is 18.9. The molecule has 4 rings (SSSR count). The number of morpholine rings is 1. The second kappa shape index (κ2) is 11.0. The van der Waals surface area contributed by atoms with Crippen molar-refractivity contribution in [2.24, 2.45) is 0 Å². The number of hydrogen-bond acceptors (Lipinski definition) is 4. The van der Waals surface area contributed by atoms with E-state index in [1.165, 1.54) is 12.1 Å². The van der Waals surface area contributed by atoms with E-state index in [4.69, 9.17) is 4.74 Å². The number of amides is 2. The van der Waals surface area contributed by atoms with Crippen LogP contribution in [0.1, 0.15) is 40.8 Å². The maximum atomic E-state index is 13.3. The minimum Gasteiger partial charge on any atom is -0.378 e. The van der Waals surface area contributed by atoms with Crippen molar-refractivity contribution >= 4 is 18.4 Å². The summed E-state index contributed by atoms with van der Waals surface area (Å²) in [5.74, 6) is -0.0896. The van der Waals surface area contributed by atoms with Gasteiger partial charge in [0.25, 0.3) is 0 Å². The van der Waals surface area contributed by atoms with Crippen molar-refractivity contribution in [2.45, 2.75) is 31.0 Å². The first-order valence-corrected chi connectivity index (χ1v) is 11.2. The van der Waals surface area contributed by atoms with Crippen molar-refractivity contribution in [2.75, 3.05) is 53.5 Å². The second-order valence-corrected chi connectivity index (χ2v) is 9.09. The Balaban J connectivity index is 0.00000324. The molecule has 2 unspecified atom stereocenters. The molecule has 1 aromatic carbocycles. The van der Waals surface area contributed by atoms with Crippen molar-refractivity contribution < 1.29 is 22.7 Å². The van der Waals surface area contributed by atoms with Crippen LogP contribution < -0.4 is 0 Å². The molecule has 0 aliphatic carbocycles. The molecule has 2 aromatic rings. The fourth-order valence-electron chi connectivity index (χ4n) is 4.62. The van der Waals surface area contributed by atoms with Crippen molar-refractivity contribution in [3.05, 3.63) is 52.8 Å². The van der Waals surface area contributed by atoms with E-state index in [-0.39, 0.29) is 30.3 Å². The normalized spacial score (nSPS) is 21.5. The number of benzene rings is 1. The second-order valence-electron chi connectivity index (χ2n) is 9.09. The number of aromatic amines is 1. The molecule has 0 saturated carbocycles. The summed E-state index contributed by atoms with van der Waals surface area (Å²) in [5.41, 5.74) is 2.00. The Labute approximate surface area is 203 Å². The average Bonchev–Trinajstić information content (AvgIpc) is 3.26. The minimum absolute atomic E-state index is 0. The highest BCUT2D eigenvalue weighted by Gasteiger charge is 2.36. The van der Waals surface area contributed by atoms with E-state index >= 15 is 0 Å². The molecule has 3 heterocycles. The smallest absolute Gasteiger partial charge is 0.378 e. The highest BCUT2D eigenvalue weighted by Crippen LogP contribution is 2.37. The Hall–Kier alpha value is -2.30. The highest BCUT2D eigenvalue weighted by atomic mass is 35.5. The predicted octanol–water partition coefficient (Wildman–Crippen LogP) is 3.94. The molecule has 2 aliphatic heterocycles. The van der Waals surface area contributed by atoms with Gasteiger partial charge in [0.05, 0.1) is 24.5 Å². The summed E-state index contributed by atoms with van der Waals surface area (Å²) in [6.07, 6.45) is -3.66. The van der Waals surface area contributed by atoms with Gasteiger partial charge in [-0.05, 0) is 44.3 Å². The number of urea groups is 1. The number of nitrogens with one attached hydrogen (secondary N) is 1. The summed E-state index contributed by atoms with van der Waals surface area (Å²) in [5, 5.41) is 7.58. The fourth-order valence-corrected chi connectivity index (χ4v) is 4.62. The average molecular weight is 502 g/mol. The van der Waals surface area contributed by atoms with E-state index in [2.05, 4.69) is 10.2 Å². The number of carbonyl (C=O) groups excluding carboxylic acids is 1. The van der Waals surface area contributed by atoms with Crippen LogP contribution in [0.3, 0.4) is 0 Å². The van der Waals surface area contributed by atoms with E-state index in [9.17, 15) is 18.0 Å². The Morgan fingerprint density at radius 1 is 1.12 bits per heavy atom. The zero-order chi connectivity index (χ0) is 23.6. The maximum Gasteiger partial charge on any atom is 0.416 e. The predicted molar refractivity (Wildman–Crippen MR) is 124 cm³/mol. The van der Waals surface area contributed by atoms with Gasteiger partial charge >= 0.3 is 12.2 Å². The van der Waals surface area contributed by atoms with Crippen LogP contribution in [0, 0.1) is 0 Å². The molecule has 11 heteroatoms. The summed E-state index contributed by atoms with van der Waals surface area (Å²) in [7, 11) is 3.95. The Kier molecular flexibility index (Phi) is 8.48. The van der Waals surface area contributed by atoms with Gasteiger partial charge in [0.1, 0.15) is 0 Å². The number of halogens is 4. The zero-order valence-electron chi connectivity index (χ0n) is 19.3. The summed E-state index contributed by atoms with van der Waals surface area (Å²) in [6.45, 7) is 3.82. The lowest BCUT2D eigenvalue weighted by Crippen LogP contribution is -2.52. The van der Waals surface area contributed by atoms with Gasteiger partial charge in [0, 0.05) is 50.3 Å². The van der Waals surface area contributed by atoms with Crippen molar-refractivity contribution in [3.8, 4) is 0 Å². The topological polar surface area (TPSA) is 64.7 Å². The summed E-state index contributed by atoms with van der Waals surface area (Å²) in [6, 6.07) is 7.29. The molecule has 1 N–H and O–H groups in total. The zero-order valence-corrected chi connectivity index (χ0v) is 20.2. The largest absolute Gasteiger partial charge is 0.416 e. The quantitative estimate of drug-likeness (QED) is 0.689. The lowest BCUT2D eigenvalue weighted by molar-refractivity contribution is -0.137. The molecule has 0 bridgehead atoms. The van der Waals surface area contributed by atoms with Gasteiger partial charge in [-0.1, -0.05) is 12.1 Å².